The molecule has 532 valence electrons. The van der Waals surface area contributed by atoms with Gasteiger partial charge in [-0.05, 0) is 32.1 Å². The van der Waals surface area contributed by atoms with Gasteiger partial charge in [-0.1, -0.05) is 20.3 Å². The van der Waals surface area contributed by atoms with Crippen molar-refractivity contribution in [3.8, 4) is 0 Å². The van der Waals surface area contributed by atoms with Gasteiger partial charge < -0.3 is 114 Å². The van der Waals surface area contributed by atoms with Crippen LogP contribution in [0.4, 0.5) is 59.5 Å². The van der Waals surface area contributed by atoms with Gasteiger partial charge in [-0.25, -0.2) is 0 Å². The van der Waals surface area contributed by atoms with Crippen LogP contribution in [0.25, 0.3) is 0 Å². The minimum atomic E-state index is -0.990. The maximum absolute atomic E-state index is 11.4. The lowest BCUT2D eigenvalue weighted by atomic mass is 9.95. The van der Waals surface area contributed by atoms with Gasteiger partial charge >= 0.3 is 17.9 Å². The Morgan fingerprint density at radius 2 is 0.958 bits per heavy atom. The molecule has 0 aliphatic carbocycles. The molecule has 0 bridgehead atoms. The number of aliphatic imine (C=N–C) groups is 4. The predicted molar refractivity (Wildman–Crippen MR) is 368 cm³/mol. The number of nitrogens with one attached hydrogen (secondary N) is 14. The first kappa shape index (κ1) is 77.8. The Hall–Kier alpha value is -10.6. The van der Waals surface area contributed by atoms with E-state index >= 15 is 0 Å². The smallest absolute Gasteiger partial charge is 0.305 e. The van der Waals surface area contributed by atoms with Crippen molar-refractivity contribution in [2.24, 2.45) is 70.3 Å². The number of rotatable bonds is 46. The number of carboxylic acid groups (broad SMARTS) is 3. The maximum Gasteiger partial charge on any atom is 0.305 e. The van der Waals surface area contributed by atoms with E-state index in [9.17, 15) is 24.6 Å². The highest BCUT2D eigenvalue weighted by Gasteiger charge is 2.20. The Bertz CT molecular complexity index is 3250. The van der Waals surface area contributed by atoms with Crippen LogP contribution in [0.15, 0.2) is 30.0 Å². The van der Waals surface area contributed by atoms with E-state index in [1.54, 1.807) is 0 Å². The second kappa shape index (κ2) is 44.8. The van der Waals surface area contributed by atoms with E-state index < -0.39 is 17.9 Å². The fourth-order valence-electron chi connectivity index (χ4n) is 8.36. The van der Waals surface area contributed by atoms with Crippen LogP contribution in [-0.4, -0.2) is 265 Å². The lowest BCUT2D eigenvalue weighted by Gasteiger charge is -2.30. The first-order valence-electron chi connectivity index (χ1n) is 31.4. The van der Waals surface area contributed by atoms with Crippen LogP contribution in [-0.2, 0) is 14.4 Å². The zero-order valence-corrected chi connectivity index (χ0v) is 54.8. The van der Waals surface area contributed by atoms with Crippen LogP contribution in [0, 0.1) is 5.92 Å². The molecule has 4 heterocycles. The van der Waals surface area contributed by atoms with Crippen molar-refractivity contribution >= 4 is 101 Å². The molecule has 0 amide bonds. The second-order valence-corrected chi connectivity index (χ2v) is 20.6. The fourth-order valence-corrected chi connectivity index (χ4v) is 8.36. The zero-order chi connectivity index (χ0) is 69.9. The van der Waals surface area contributed by atoms with Gasteiger partial charge in [-0.15, -0.1) is 0 Å². The minimum absolute atomic E-state index is 0.0298. The summed E-state index contributed by atoms with van der Waals surface area (Å²) < 4.78 is 0. The Kier molecular flexibility index (Phi) is 36.3. The third-order valence-electron chi connectivity index (χ3n) is 13.1. The first-order valence-corrected chi connectivity index (χ1v) is 31.4. The Morgan fingerprint density at radius 3 is 1.47 bits per heavy atom. The van der Waals surface area contributed by atoms with Crippen LogP contribution < -0.4 is 115 Å². The van der Waals surface area contributed by atoms with Gasteiger partial charge in [-0.3, -0.25) is 64.9 Å². The molecule has 4 aromatic heterocycles. The highest BCUT2D eigenvalue weighted by Crippen LogP contribution is 2.16. The number of nitrogens with two attached hydrogens (primary N) is 7. The SMILES string of the molecule is CCC(CCN=c1nc(NCCC(=O)O)[nH]c(=NCCN=C(N)NC(=NCCN)N(C)C(CC)CCNc2nc(NCCNc3nc(N)nc(NCCN)n3)nc(NCCC(=O)O)n2)[nH]1)C(C)NC(=NCCNc1nc(NCCN)nc(NCCC(=O)O)n1)NC(N)=NCCN. The van der Waals surface area contributed by atoms with E-state index in [-0.39, 0.29) is 172 Å². The number of guanidine groups is 4. The van der Waals surface area contributed by atoms with Crippen LogP contribution in [0.5, 0.6) is 0 Å². The Labute approximate surface area is 554 Å². The molecule has 44 nitrogen and oxygen atoms in total. The van der Waals surface area contributed by atoms with E-state index in [1.807, 2.05) is 25.8 Å². The van der Waals surface area contributed by atoms with E-state index in [1.165, 1.54) is 0 Å². The average Bonchev–Trinajstić information content (AvgIpc) is 1.21. The number of hydrogen-bond acceptors (Lipinski definition) is 33. The molecule has 31 N–H and O–H groups in total. The summed E-state index contributed by atoms with van der Waals surface area (Å²) in [7, 11) is 1.88. The van der Waals surface area contributed by atoms with Crippen molar-refractivity contribution in [2.45, 2.75) is 77.8 Å². The molecule has 0 aliphatic rings. The zero-order valence-electron chi connectivity index (χ0n) is 54.8. The van der Waals surface area contributed by atoms with Crippen molar-refractivity contribution < 1.29 is 29.7 Å². The molecular formula is C52H98N38O6. The molecule has 3 unspecified atom stereocenters. The summed E-state index contributed by atoms with van der Waals surface area (Å²) in [6.45, 7) is 11.3. The number of carboxylic acids is 3. The largest absolute Gasteiger partial charge is 0.481 e. The number of carbonyl (C=O) groups is 3. The number of H-pyrrole nitrogens is 2. The third kappa shape index (κ3) is 32.3. The number of aliphatic carboxylic acids is 3. The van der Waals surface area contributed by atoms with Gasteiger partial charge in [0.25, 0.3) is 0 Å². The number of aromatic nitrogens is 12. The number of nitrogen functional groups attached to an aromatic ring is 1. The number of aromatic amines is 2. The summed E-state index contributed by atoms with van der Waals surface area (Å²) >= 11 is 0. The predicted octanol–water partition coefficient (Wildman–Crippen LogP) is -5.24. The van der Waals surface area contributed by atoms with Crippen LogP contribution in [0.3, 0.4) is 0 Å². The van der Waals surface area contributed by atoms with Crippen molar-refractivity contribution in [3.05, 3.63) is 11.2 Å². The van der Waals surface area contributed by atoms with E-state index in [0.29, 0.717) is 103 Å². The molecule has 0 radical (unpaired) electrons. The molecule has 4 aromatic rings. The van der Waals surface area contributed by atoms with Crippen molar-refractivity contribution in [1.82, 2.24) is 80.7 Å². The number of hydrogen-bond donors (Lipinski definition) is 24. The topological polar surface area (TPSA) is 676 Å². The van der Waals surface area contributed by atoms with Gasteiger partial charge in [0.2, 0.25) is 76.7 Å². The molecule has 3 atom stereocenters. The monoisotopic (exact) mass is 1350 g/mol. The molecule has 0 saturated heterocycles. The van der Waals surface area contributed by atoms with Crippen LogP contribution in [0.1, 0.15) is 65.7 Å². The summed E-state index contributed by atoms with van der Waals surface area (Å²) in [5.74, 6) is 0.205. The van der Waals surface area contributed by atoms with Gasteiger partial charge in [0.05, 0.1) is 52.0 Å². The van der Waals surface area contributed by atoms with Crippen molar-refractivity contribution in [2.75, 3.05) is 185 Å². The lowest BCUT2D eigenvalue weighted by Crippen LogP contribution is -2.50. The Balaban J connectivity index is 1.41. The molecule has 0 fully saturated rings. The molecule has 0 spiro atoms. The molecule has 0 saturated carbocycles. The summed E-state index contributed by atoms with van der Waals surface area (Å²) in [6, 6.07) is -0.242. The minimum Gasteiger partial charge on any atom is -0.481 e. The van der Waals surface area contributed by atoms with Crippen molar-refractivity contribution in [1.29, 1.82) is 0 Å². The van der Waals surface area contributed by atoms with Gasteiger partial charge in [0.1, 0.15) is 0 Å². The number of nitrogens with zero attached hydrogens (tertiary/aromatic N) is 17. The van der Waals surface area contributed by atoms with Gasteiger partial charge in [0, 0.05) is 111 Å². The summed E-state index contributed by atoms with van der Waals surface area (Å²) in [5.41, 5.74) is 41.8. The quantitative estimate of drug-likeness (QED) is 0.0112. The molecule has 0 aliphatic heterocycles. The molecule has 0 aromatic carbocycles. The molecule has 96 heavy (non-hydrogen) atoms. The van der Waals surface area contributed by atoms with E-state index in [4.69, 9.17) is 55.2 Å². The van der Waals surface area contributed by atoms with Gasteiger partial charge in [0.15, 0.2) is 17.9 Å². The van der Waals surface area contributed by atoms with E-state index in [0.717, 1.165) is 6.42 Å². The van der Waals surface area contributed by atoms with E-state index in [2.05, 4.69) is 151 Å². The van der Waals surface area contributed by atoms with Crippen LogP contribution >= 0.6 is 0 Å². The van der Waals surface area contributed by atoms with Gasteiger partial charge in [-0.2, -0.15) is 49.8 Å². The first-order chi connectivity index (χ1) is 46.3. The highest BCUT2D eigenvalue weighted by molar-refractivity contribution is 5.98. The average molecular weight is 1350 g/mol. The standard InChI is InChI=1S/C52H98N38O6/c1-5-32(31(3)75-40(76-37(57)60-21-12-53)69-27-29-72-51-88-47(66-20-11-36(95)96)83-48(89-51)68-23-14-55)7-16-62-43-81-45(64-18-9-34(91)92)86-49(84-43)71-26-25-61-38(58)79-52(74-24-15-56)90(4)33(6-2)8-17-63-44-82-46(65-19-10-35(93)94)87-50(85-44)73-30-28-70-42-78-39(59)77-41(80-42)67-22-13-54/h31-33H,5-30,53-56H2,1-4H3,(H,91,92)(H,93,94)(H,95,96)(H3,58,61,74,79)(H4,57,60,69,75,76)(H4,59,67,70,77,78,80)(H3,62,64,71,81,84,86)(H3,63,65,73,82,85,87)(H3,66,68,72,83,88,89). The normalized spacial score (nSPS) is 13.2. The van der Waals surface area contributed by atoms with Crippen molar-refractivity contribution in [3.63, 3.8) is 0 Å². The summed E-state index contributed by atoms with van der Waals surface area (Å²) in [6.07, 6.45) is 2.19. The fraction of sp³-hybridized carbons (Fsp3) is 0.635. The molecule has 4 rings (SSSR count). The maximum atomic E-state index is 11.4. The Morgan fingerprint density at radius 1 is 0.490 bits per heavy atom. The summed E-state index contributed by atoms with van der Waals surface area (Å²) in [5, 5.41) is 64.6. The molecular weight excluding hydrogens is 1250 g/mol. The third-order valence-corrected chi connectivity index (χ3v) is 13.1. The second-order valence-electron chi connectivity index (χ2n) is 20.6. The lowest BCUT2D eigenvalue weighted by molar-refractivity contribution is -0.137. The molecule has 44 heteroatoms. The summed E-state index contributed by atoms with van der Waals surface area (Å²) in [4.78, 5) is 113. The highest BCUT2D eigenvalue weighted by atomic mass is 16.4. The number of anilines is 10. The van der Waals surface area contributed by atoms with Crippen LogP contribution in [0.2, 0.25) is 0 Å².